The first-order valence-electron chi connectivity index (χ1n) is 11.6. The monoisotopic (exact) mass is 470 g/mol. The molecule has 1 aromatic carbocycles. The van der Waals surface area contributed by atoms with Crippen LogP contribution in [0.15, 0.2) is 24.3 Å². The Morgan fingerprint density at radius 3 is 2.62 bits per heavy atom. The Hall–Kier alpha value is -3.56. The average Bonchev–Trinajstić information content (AvgIpc) is 3.52. The van der Waals surface area contributed by atoms with Gasteiger partial charge in [0.15, 0.2) is 0 Å². The molecule has 3 amide bonds. The van der Waals surface area contributed by atoms with Crippen LogP contribution in [0.4, 0.5) is 0 Å². The van der Waals surface area contributed by atoms with Gasteiger partial charge < -0.3 is 30.8 Å². The third-order valence-corrected chi connectivity index (χ3v) is 6.51. The van der Waals surface area contributed by atoms with Gasteiger partial charge in [-0.25, -0.2) is 4.79 Å². The summed E-state index contributed by atoms with van der Waals surface area (Å²) < 4.78 is 5.34. The number of methoxy groups -OCH3 is 1. The number of nitrogens with one attached hydrogen (secondary N) is 4. The minimum Gasteiger partial charge on any atom is -0.496 e. The summed E-state index contributed by atoms with van der Waals surface area (Å²) in [6.07, 6.45) is 3.72. The number of rotatable bonds is 10. The number of carbonyl (C=O) groups excluding carboxylic acids is 3. The summed E-state index contributed by atoms with van der Waals surface area (Å²) in [6, 6.07) is 4.99. The van der Waals surface area contributed by atoms with E-state index >= 15 is 0 Å². The molecule has 34 heavy (non-hydrogen) atoms. The number of ether oxygens (including phenoxy) is 1. The number of aromatic nitrogens is 1. The van der Waals surface area contributed by atoms with E-state index in [2.05, 4.69) is 20.9 Å². The predicted octanol–water partition coefficient (Wildman–Crippen LogP) is 1.56. The first-order chi connectivity index (χ1) is 16.4. The Kier molecular flexibility index (Phi) is 7.04. The van der Waals surface area contributed by atoms with Crippen LogP contribution in [0.3, 0.4) is 0 Å². The molecule has 4 rings (SSSR count). The Morgan fingerprint density at radius 2 is 1.94 bits per heavy atom. The predicted molar refractivity (Wildman–Crippen MR) is 123 cm³/mol. The summed E-state index contributed by atoms with van der Waals surface area (Å²) in [5, 5.41) is 18.5. The highest BCUT2D eigenvalue weighted by molar-refractivity contribution is 6.01. The highest BCUT2D eigenvalue weighted by Crippen LogP contribution is 2.34. The topological polar surface area (TPSA) is 150 Å². The van der Waals surface area contributed by atoms with E-state index in [-0.39, 0.29) is 18.0 Å². The second-order valence-electron chi connectivity index (χ2n) is 9.07. The van der Waals surface area contributed by atoms with Crippen molar-refractivity contribution in [3.63, 3.8) is 0 Å². The van der Waals surface area contributed by atoms with Crippen LogP contribution in [0.25, 0.3) is 10.9 Å². The summed E-state index contributed by atoms with van der Waals surface area (Å²) >= 11 is 0. The van der Waals surface area contributed by atoms with Crippen LogP contribution >= 0.6 is 0 Å². The van der Waals surface area contributed by atoms with E-state index in [1.54, 1.807) is 25.3 Å². The Morgan fingerprint density at radius 1 is 1.15 bits per heavy atom. The number of carboxylic acid groups (broad SMARTS) is 1. The number of piperidine rings is 1. The number of H-pyrrole nitrogens is 1. The lowest BCUT2D eigenvalue weighted by Gasteiger charge is -2.26. The quantitative estimate of drug-likeness (QED) is 0.356. The lowest BCUT2D eigenvalue weighted by Crippen LogP contribution is -2.53. The molecule has 10 nitrogen and oxygen atoms in total. The van der Waals surface area contributed by atoms with E-state index < -0.39 is 35.8 Å². The molecule has 2 aliphatic rings. The largest absolute Gasteiger partial charge is 0.496 e. The molecule has 182 valence electrons. The van der Waals surface area contributed by atoms with Crippen LogP contribution in [0.5, 0.6) is 5.75 Å². The molecule has 1 saturated heterocycles. The van der Waals surface area contributed by atoms with Crippen LogP contribution in [0.2, 0.25) is 0 Å². The van der Waals surface area contributed by atoms with Crippen LogP contribution in [-0.4, -0.2) is 59.5 Å². The molecular formula is C24H30N4O6. The van der Waals surface area contributed by atoms with Gasteiger partial charge in [-0.3, -0.25) is 14.4 Å². The molecule has 0 radical (unpaired) electrons. The SMILES string of the molecule is COc1cccc2[nH]c(C(=O)NC(CC3CC3)C(=O)NC(C[C@@H]3CCCNC3=O)C(=O)O)cc12. The van der Waals surface area contributed by atoms with Crippen LogP contribution in [0.1, 0.15) is 49.0 Å². The number of carboxylic acids is 1. The highest BCUT2D eigenvalue weighted by atomic mass is 16.5. The van der Waals surface area contributed by atoms with E-state index in [1.807, 2.05) is 6.07 Å². The van der Waals surface area contributed by atoms with Crippen molar-refractivity contribution in [1.29, 1.82) is 0 Å². The van der Waals surface area contributed by atoms with Gasteiger partial charge in [-0.2, -0.15) is 0 Å². The second-order valence-corrected chi connectivity index (χ2v) is 9.07. The van der Waals surface area contributed by atoms with Gasteiger partial charge in [0.25, 0.3) is 5.91 Å². The molecule has 1 aromatic heterocycles. The van der Waals surface area contributed by atoms with Gasteiger partial charge in [0.05, 0.1) is 7.11 Å². The van der Waals surface area contributed by atoms with Crippen molar-refractivity contribution >= 4 is 34.6 Å². The fraction of sp³-hybridized carbons (Fsp3) is 0.500. The van der Waals surface area contributed by atoms with Crippen molar-refractivity contribution in [2.45, 2.75) is 50.6 Å². The molecule has 0 bridgehead atoms. The number of carbonyl (C=O) groups is 4. The van der Waals surface area contributed by atoms with E-state index in [1.165, 1.54) is 0 Å². The summed E-state index contributed by atoms with van der Waals surface area (Å²) in [4.78, 5) is 53.0. The van der Waals surface area contributed by atoms with Gasteiger partial charge in [0.1, 0.15) is 23.5 Å². The Labute approximate surface area is 196 Å². The van der Waals surface area contributed by atoms with Gasteiger partial charge in [-0.15, -0.1) is 0 Å². The smallest absolute Gasteiger partial charge is 0.326 e. The zero-order valence-corrected chi connectivity index (χ0v) is 19.1. The van der Waals surface area contributed by atoms with E-state index in [0.29, 0.717) is 31.1 Å². The summed E-state index contributed by atoms with van der Waals surface area (Å²) in [5.74, 6) is -1.94. The lowest BCUT2D eigenvalue weighted by atomic mass is 9.91. The van der Waals surface area contributed by atoms with Crippen LogP contribution in [0, 0.1) is 11.8 Å². The minimum absolute atomic E-state index is 0.0127. The van der Waals surface area contributed by atoms with Crippen molar-refractivity contribution in [2.75, 3.05) is 13.7 Å². The average molecular weight is 471 g/mol. The number of aliphatic carboxylic acids is 1. The van der Waals surface area contributed by atoms with Gasteiger partial charge in [0, 0.05) is 23.4 Å². The molecule has 10 heteroatoms. The number of benzene rings is 1. The zero-order chi connectivity index (χ0) is 24.2. The molecule has 2 aromatic rings. The molecule has 2 fully saturated rings. The fourth-order valence-corrected chi connectivity index (χ4v) is 4.42. The number of hydrogen-bond acceptors (Lipinski definition) is 5. The van der Waals surface area contributed by atoms with Crippen LogP contribution < -0.4 is 20.7 Å². The third kappa shape index (κ3) is 5.49. The van der Waals surface area contributed by atoms with E-state index in [0.717, 1.165) is 30.2 Å². The zero-order valence-electron chi connectivity index (χ0n) is 19.1. The maximum absolute atomic E-state index is 13.1. The number of amides is 3. The van der Waals surface area contributed by atoms with E-state index in [4.69, 9.17) is 4.74 Å². The Balaban J connectivity index is 1.46. The van der Waals surface area contributed by atoms with Crippen LogP contribution in [-0.2, 0) is 14.4 Å². The number of aromatic amines is 1. The standard InChI is InChI=1S/C24H30N4O6/c1-34-20-6-2-5-16-15(20)12-18(26-16)23(31)27-17(10-13-7-8-13)22(30)28-19(24(32)33)11-14-4-3-9-25-21(14)29/h2,5-6,12-14,17,19,26H,3-4,7-11H2,1H3,(H,25,29)(H,27,31)(H,28,30)(H,32,33)/t14-,17?,19?/m0/s1. The molecule has 5 N–H and O–H groups in total. The minimum atomic E-state index is -1.21. The first-order valence-corrected chi connectivity index (χ1v) is 11.6. The Bertz CT molecular complexity index is 1090. The van der Waals surface area contributed by atoms with Crippen molar-refractivity contribution in [3.8, 4) is 5.75 Å². The van der Waals surface area contributed by atoms with Gasteiger partial charge >= 0.3 is 5.97 Å². The summed E-state index contributed by atoms with van der Waals surface area (Å²) in [5.41, 5.74) is 1.01. The van der Waals surface area contributed by atoms with E-state index in [9.17, 15) is 24.3 Å². The van der Waals surface area contributed by atoms with Crippen molar-refractivity contribution in [2.24, 2.45) is 11.8 Å². The second kappa shape index (κ2) is 10.1. The number of fused-ring (bicyclic) bond motifs is 1. The van der Waals surface area contributed by atoms with Gasteiger partial charge in [0.2, 0.25) is 11.8 Å². The molecule has 1 aliphatic heterocycles. The highest BCUT2D eigenvalue weighted by Gasteiger charge is 2.35. The fourth-order valence-electron chi connectivity index (χ4n) is 4.42. The molecule has 1 saturated carbocycles. The molecule has 0 spiro atoms. The summed E-state index contributed by atoms with van der Waals surface area (Å²) in [7, 11) is 1.55. The molecule has 3 atom stereocenters. The number of hydrogen-bond donors (Lipinski definition) is 5. The normalized spacial score (nSPS) is 19.7. The molecule has 2 heterocycles. The van der Waals surface area contributed by atoms with Gasteiger partial charge in [-0.1, -0.05) is 18.9 Å². The van der Waals surface area contributed by atoms with Crippen molar-refractivity contribution < 1.29 is 29.0 Å². The van der Waals surface area contributed by atoms with Crippen molar-refractivity contribution in [1.82, 2.24) is 20.9 Å². The molecule has 1 aliphatic carbocycles. The van der Waals surface area contributed by atoms with Gasteiger partial charge in [-0.05, 0) is 49.8 Å². The molecule has 2 unspecified atom stereocenters. The molecular weight excluding hydrogens is 440 g/mol. The van der Waals surface area contributed by atoms with Crippen molar-refractivity contribution in [3.05, 3.63) is 30.0 Å². The first kappa shape index (κ1) is 23.6. The maximum atomic E-state index is 13.1. The maximum Gasteiger partial charge on any atom is 0.326 e. The summed E-state index contributed by atoms with van der Waals surface area (Å²) in [6.45, 7) is 0.578. The lowest BCUT2D eigenvalue weighted by molar-refractivity contribution is -0.143. The third-order valence-electron chi connectivity index (χ3n) is 6.51.